The van der Waals surface area contributed by atoms with Gasteiger partial charge in [-0.1, -0.05) is 24.3 Å². The van der Waals surface area contributed by atoms with Gasteiger partial charge in [0.2, 0.25) is 5.43 Å². The summed E-state index contributed by atoms with van der Waals surface area (Å²) in [6, 6.07) is 11.4. The third kappa shape index (κ3) is 2.10. The second-order valence-electron chi connectivity index (χ2n) is 5.45. The summed E-state index contributed by atoms with van der Waals surface area (Å²) in [7, 11) is 1.61. The fraction of sp³-hybridized carbons (Fsp3) is 0.211. The lowest BCUT2D eigenvalue weighted by Gasteiger charge is -2.12. The van der Waals surface area contributed by atoms with Gasteiger partial charge in [-0.25, -0.2) is 0 Å². The van der Waals surface area contributed by atoms with Crippen molar-refractivity contribution < 1.29 is 9.15 Å². The summed E-state index contributed by atoms with van der Waals surface area (Å²) in [5.74, 6) is 1.35. The molecular formula is C19H18O3. The molecule has 112 valence electrons. The average Bonchev–Trinajstić information content (AvgIpc) is 2.50. The molecule has 1 aromatic heterocycles. The van der Waals surface area contributed by atoms with Gasteiger partial charge in [-0.3, -0.25) is 4.79 Å². The van der Waals surface area contributed by atoms with Crippen molar-refractivity contribution in [2.45, 2.75) is 20.8 Å². The van der Waals surface area contributed by atoms with E-state index in [9.17, 15) is 4.79 Å². The highest BCUT2D eigenvalue weighted by Gasteiger charge is 2.17. The van der Waals surface area contributed by atoms with Gasteiger partial charge in [0, 0.05) is 5.56 Å². The molecule has 0 fully saturated rings. The molecule has 0 atom stereocenters. The summed E-state index contributed by atoms with van der Waals surface area (Å²) in [5.41, 5.74) is 4.05. The van der Waals surface area contributed by atoms with E-state index < -0.39 is 0 Å². The van der Waals surface area contributed by atoms with E-state index in [4.69, 9.17) is 9.15 Å². The Balaban J connectivity index is 2.40. The molecule has 2 aromatic carbocycles. The van der Waals surface area contributed by atoms with Crippen LogP contribution < -0.4 is 10.2 Å². The van der Waals surface area contributed by atoms with Gasteiger partial charge in [-0.2, -0.15) is 0 Å². The van der Waals surface area contributed by atoms with E-state index in [0.29, 0.717) is 22.3 Å². The van der Waals surface area contributed by atoms with Gasteiger partial charge >= 0.3 is 0 Å². The van der Waals surface area contributed by atoms with Crippen LogP contribution in [0, 0.1) is 20.8 Å². The number of fused-ring (bicyclic) bond motifs is 1. The average molecular weight is 294 g/mol. The zero-order valence-corrected chi connectivity index (χ0v) is 13.2. The largest absolute Gasteiger partial charge is 0.496 e. The van der Waals surface area contributed by atoms with Gasteiger partial charge in [-0.15, -0.1) is 0 Å². The fourth-order valence-electron chi connectivity index (χ4n) is 2.87. The lowest BCUT2D eigenvalue weighted by atomic mass is 9.98. The predicted octanol–water partition coefficient (Wildman–Crippen LogP) is 4.39. The summed E-state index contributed by atoms with van der Waals surface area (Å²) in [5, 5.41) is 0.585. The molecule has 0 aliphatic heterocycles. The Morgan fingerprint density at radius 2 is 1.73 bits per heavy atom. The quantitative estimate of drug-likeness (QED) is 0.703. The van der Waals surface area contributed by atoms with E-state index >= 15 is 0 Å². The maximum atomic E-state index is 13.0. The normalized spacial score (nSPS) is 10.9. The van der Waals surface area contributed by atoms with Crippen molar-refractivity contribution in [2.75, 3.05) is 7.11 Å². The number of aryl methyl sites for hydroxylation is 3. The highest BCUT2D eigenvalue weighted by atomic mass is 16.5. The molecule has 0 aliphatic carbocycles. The van der Waals surface area contributed by atoms with Gasteiger partial charge in [0.25, 0.3) is 0 Å². The predicted molar refractivity (Wildman–Crippen MR) is 88.7 cm³/mol. The maximum absolute atomic E-state index is 13.0. The molecule has 22 heavy (non-hydrogen) atoms. The first kappa shape index (κ1) is 14.4. The molecule has 0 unspecified atom stereocenters. The smallest absolute Gasteiger partial charge is 0.200 e. The number of hydrogen-bond acceptors (Lipinski definition) is 3. The Morgan fingerprint density at radius 1 is 1.00 bits per heavy atom. The Labute approximate surface area is 129 Å². The Hall–Kier alpha value is -2.55. The van der Waals surface area contributed by atoms with Crippen molar-refractivity contribution in [1.82, 2.24) is 0 Å². The molecule has 0 spiro atoms. The topological polar surface area (TPSA) is 39.4 Å². The van der Waals surface area contributed by atoms with Crippen molar-refractivity contribution >= 4 is 11.0 Å². The first-order chi connectivity index (χ1) is 10.5. The van der Waals surface area contributed by atoms with Crippen molar-refractivity contribution in [3.05, 3.63) is 63.5 Å². The molecule has 3 aromatic rings. The molecule has 0 N–H and O–H groups in total. The van der Waals surface area contributed by atoms with Gasteiger partial charge < -0.3 is 9.15 Å². The first-order valence-corrected chi connectivity index (χ1v) is 7.21. The maximum Gasteiger partial charge on any atom is 0.200 e. The molecule has 0 amide bonds. The third-order valence-electron chi connectivity index (χ3n) is 4.07. The van der Waals surface area contributed by atoms with Gasteiger partial charge in [0.05, 0.1) is 18.1 Å². The lowest BCUT2D eigenvalue weighted by molar-refractivity contribution is 0.411. The second-order valence-corrected chi connectivity index (χ2v) is 5.45. The molecule has 0 aliphatic rings. The van der Waals surface area contributed by atoms with Crippen LogP contribution in [-0.4, -0.2) is 7.11 Å². The minimum Gasteiger partial charge on any atom is -0.496 e. The lowest BCUT2D eigenvalue weighted by Crippen LogP contribution is -2.09. The van der Waals surface area contributed by atoms with Gasteiger partial charge in [0.1, 0.15) is 17.1 Å². The summed E-state index contributed by atoms with van der Waals surface area (Å²) in [6.45, 7) is 5.73. The summed E-state index contributed by atoms with van der Waals surface area (Å²) >= 11 is 0. The van der Waals surface area contributed by atoms with E-state index in [0.717, 1.165) is 22.4 Å². The van der Waals surface area contributed by atoms with E-state index in [1.54, 1.807) is 13.2 Å². The molecule has 1 heterocycles. The van der Waals surface area contributed by atoms with Crippen LogP contribution in [0.1, 0.15) is 16.9 Å². The monoisotopic (exact) mass is 294 g/mol. The number of methoxy groups -OCH3 is 1. The van der Waals surface area contributed by atoms with Crippen LogP contribution in [0.2, 0.25) is 0 Å². The van der Waals surface area contributed by atoms with Crippen molar-refractivity contribution in [1.29, 1.82) is 0 Å². The van der Waals surface area contributed by atoms with Crippen molar-refractivity contribution in [3.63, 3.8) is 0 Å². The van der Waals surface area contributed by atoms with E-state index in [1.807, 2.05) is 51.1 Å². The number of benzene rings is 2. The number of hydrogen-bond donors (Lipinski definition) is 0. The molecule has 0 radical (unpaired) electrons. The number of rotatable bonds is 2. The Bertz CT molecular complexity index is 920. The van der Waals surface area contributed by atoms with Crippen molar-refractivity contribution in [2.24, 2.45) is 0 Å². The molecule has 0 saturated heterocycles. The zero-order chi connectivity index (χ0) is 15.9. The van der Waals surface area contributed by atoms with Gasteiger partial charge in [-0.05, 0) is 44.0 Å². The number of ether oxygens (including phenoxy) is 1. The van der Waals surface area contributed by atoms with E-state index in [1.165, 1.54) is 0 Å². The molecule has 0 saturated carbocycles. The van der Waals surface area contributed by atoms with Crippen LogP contribution >= 0.6 is 0 Å². The highest BCUT2D eigenvalue weighted by molar-refractivity contribution is 5.86. The Morgan fingerprint density at radius 3 is 2.41 bits per heavy atom. The standard InChI is InChI=1S/C19H18O3/c1-11-7-5-6-8-14(11)17-13(3)22-19-12(2)16(21-4)10-9-15(19)18(17)20/h5-10H,1-4H3. The van der Waals surface area contributed by atoms with Gasteiger partial charge in [0.15, 0.2) is 0 Å². The van der Waals surface area contributed by atoms with Crippen molar-refractivity contribution in [3.8, 4) is 16.9 Å². The van der Waals surface area contributed by atoms with Crippen LogP contribution in [0.3, 0.4) is 0 Å². The first-order valence-electron chi connectivity index (χ1n) is 7.21. The van der Waals surface area contributed by atoms with Crippen LogP contribution in [-0.2, 0) is 0 Å². The molecule has 3 rings (SSSR count). The SMILES string of the molecule is COc1ccc2c(=O)c(-c3ccccc3C)c(C)oc2c1C. The van der Waals surface area contributed by atoms with Crippen LogP contribution in [0.4, 0.5) is 0 Å². The minimum atomic E-state index is -0.00111. The zero-order valence-electron chi connectivity index (χ0n) is 13.2. The highest BCUT2D eigenvalue weighted by Crippen LogP contribution is 2.30. The summed E-state index contributed by atoms with van der Waals surface area (Å²) in [4.78, 5) is 13.0. The molecule has 0 bridgehead atoms. The van der Waals surface area contributed by atoms with E-state index in [-0.39, 0.29) is 5.43 Å². The molecule has 3 heteroatoms. The van der Waals surface area contributed by atoms with Crippen LogP contribution in [0.5, 0.6) is 5.75 Å². The molecule has 3 nitrogen and oxygen atoms in total. The summed E-state index contributed by atoms with van der Waals surface area (Å²) in [6.07, 6.45) is 0. The fourth-order valence-corrected chi connectivity index (χ4v) is 2.87. The van der Waals surface area contributed by atoms with E-state index in [2.05, 4.69) is 0 Å². The van der Waals surface area contributed by atoms with Crippen LogP contribution in [0.15, 0.2) is 45.6 Å². The molecular weight excluding hydrogens is 276 g/mol. The van der Waals surface area contributed by atoms with Crippen LogP contribution in [0.25, 0.3) is 22.1 Å². The second kappa shape index (κ2) is 5.34. The summed E-state index contributed by atoms with van der Waals surface area (Å²) < 4.78 is 11.3. The third-order valence-corrected chi connectivity index (χ3v) is 4.07. The minimum absolute atomic E-state index is 0.00111. The Kier molecular flexibility index (Phi) is 3.49.